The molecule has 6 saturated heterocycles. The molecular formula is C90H142N10O6. The average Bonchev–Trinajstić information content (AvgIpc) is 0.991. The molecule has 588 valence electrons. The lowest BCUT2D eigenvalue weighted by Crippen LogP contribution is -2.37. The van der Waals surface area contributed by atoms with Gasteiger partial charge in [-0.1, -0.05) is 144 Å². The van der Waals surface area contributed by atoms with Crippen molar-refractivity contribution in [2.45, 2.75) is 226 Å². The summed E-state index contributed by atoms with van der Waals surface area (Å²) in [5.74, 6) is 6.14. The number of hydrogen-bond acceptors (Lipinski definition) is 16. The van der Waals surface area contributed by atoms with Gasteiger partial charge in [0.2, 0.25) is 0 Å². The second kappa shape index (κ2) is 44.7. The Bertz CT molecular complexity index is 3200. The molecule has 6 aliphatic rings. The first-order chi connectivity index (χ1) is 50.6. The number of ether oxygens (including phenoxy) is 4. The molecule has 0 saturated carbocycles. The van der Waals surface area contributed by atoms with E-state index >= 15 is 0 Å². The van der Waals surface area contributed by atoms with E-state index in [0.717, 1.165) is 162 Å². The van der Waals surface area contributed by atoms with Gasteiger partial charge in [0, 0.05) is 127 Å². The number of aromatic nitrogens is 3. The fourth-order valence-electron chi connectivity index (χ4n) is 14.6. The van der Waals surface area contributed by atoms with Gasteiger partial charge in [-0.3, -0.25) is 9.97 Å². The summed E-state index contributed by atoms with van der Waals surface area (Å²) in [6.45, 7) is 43.4. The molecule has 0 spiro atoms. The summed E-state index contributed by atoms with van der Waals surface area (Å²) < 4.78 is 22.0. The molecule has 6 aromatic rings. The van der Waals surface area contributed by atoms with Gasteiger partial charge in [0.05, 0.1) is 56.2 Å². The zero-order valence-electron chi connectivity index (χ0n) is 69.6. The van der Waals surface area contributed by atoms with Crippen molar-refractivity contribution in [2.24, 2.45) is 0 Å². The van der Waals surface area contributed by atoms with Crippen molar-refractivity contribution in [3.63, 3.8) is 0 Å². The van der Waals surface area contributed by atoms with Crippen LogP contribution in [0.15, 0.2) is 104 Å². The first-order valence-corrected chi connectivity index (χ1v) is 40.4. The van der Waals surface area contributed by atoms with Gasteiger partial charge in [-0.2, -0.15) is 0 Å². The molecule has 3 aromatic heterocycles. The van der Waals surface area contributed by atoms with E-state index in [9.17, 15) is 10.2 Å². The standard InChI is InChI=1S/C17H27NO.C16H26N2O.C16H25NO.C15H24N2O.2C13H20N2O/c1-13(2)15-5-6-17(14-7-9-19-10-8-14)16(11-15)12-18(3)4;1-13(2)14-5-6-16(15(11-14)12-17(3)4)18-7-9-19-10-8-18;1-12(2)13-5-6-16(14-7-8-18-11-14)15(9-13)10-17(3)4;1-11(2)13-7-14(9-17(3)4)15(16-8-13)12-5-6-18-10-12;1-10(2)13-4-3-11(9-14-13)15-7-5-12(16)6-8-15;1-10(2)11-3-4-13(14-9-11)15-7-5-12(16)6-8-15/h5-6,11,13-14H,7-10,12H2,1-4H3;5-6,11,13H,7-10,12H2,1-4H3;5-6,9,12,14H,7-8,10-11H2,1-4H3;7-8,11-12H,5-6,9-10H2,1-4H3;2*3-4,9-10,12,16H,5-8H2,1-2H3/t;;14-;;;/m..0.../s1. The van der Waals surface area contributed by atoms with Crippen LogP contribution in [0.25, 0.3) is 0 Å². The maximum atomic E-state index is 9.45. The molecule has 16 nitrogen and oxygen atoms in total. The summed E-state index contributed by atoms with van der Waals surface area (Å²) in [4.78, 5) is 29.6. The summed E-state index contributed by atoms with van der Waals surface area (Å²) in [7, 11) is 17.0. The smallest absolute Gasteiger partial charge is 0.128 e. The zero-order chi connectivity index (χ0) is 77.0. The van der Waals surface area contributed by atoms with Crippen molar-refractivity contribution in [1.82, 2.24) is 34.6 Å². The van der Waals surface area contributed by atoms with E-state index in [0.29, 0.717) is 53.3 Å². The van der Waals surface area contributed by atoms with Crippen LogP contribution in [0.2, 0.25) is 0 Å². The lowest BCUT2D eigenvalue weighted by molar-refractivity contribution is 0.0850. The summed E-state index contributed by atoms with van der Waals surface area (Å²) in [6.07, 6.45) is 13.8. The highest BCUT2D eigenvalue weighted by Crippen LogP contribution is 2.35. The molecule has 0 bridgehead atoms. The Balaban J connectivity index is 0.000000178. The molecule has 106 heavy (non-hydrogen) atoms. The maximum absolute atomic E-state index is 9.45. The van der Waals surface area contributed by atoms with Gasteiger partial charge in [-0.05, 0) is 235 Å². The van der Waals surface area contributed by atoms with Gasteiger partial charge in [0.1, 0.15) is 5.82 Å². The molecule has 6 aliphatic heterocycles. The molecule has 6 fully saturated rings. The molecule has 16 heteroatoms. The van der Waals surface area contributed by atoms with E-state index < -0.39 is 0 Å². The van der Waals surface area contributed by atoms with E-state index in [1.165, 1.54) is 92.0 Å². The number of hydrogen-bond donors (Lipinski definition) is 2. The van der Waals surface area contributed by atoms with E-state index in [1.54, 1.807) is 5.56 Å². The van der Waals surface area contributed by atoms with Crippen LogP contribution < -0.4 is 14.7 Å². The molecule has 0 radical (unpaired) electrons. The summed E-state index contributed by atoms with van der Waals surface area (Å²) in [5.41, 5.74) is 20.7. The monoisotopic (exact) mass is 1460 g/mol. The summed E-state index contributed by atoms with van der Waals surface area (Å²) in [5, 5.41) is 18.9. The zero-order valence-corrected chi connectivity index (χ0v) is 69.6. The SMILES string of the molecule is CC(C)c1ccc(C2CCOCC2)c(CN(C)C)c1.CC(C)c1ccc(N2CCC(O)CC2)cn1.CC(C)c1ccc(N2CCC(O)CC2)nc1.CC(C)c1ccc(N2CCOCC2)c(CN(C)C)c1.CC(C)c1ccc([C@H]2CCOC2)c(CN(C)C)c1.CC(C)c1cnc(C2CCOC2)c(CN(C)C)c1. The molecule has 3 aromatic carbocycles. The normalized spacial score (nSPS) is 18.3. The Hall–Kier alpha value is -5.89. The predicted molar refractivity (Wildman–Crippen MR) is 443 cm³/mol. The van der Waals surface area contributed by atoms with E-state index in [2.05, 4.69) is 269 Å². The second-order valence-corrected chi connectivity index (χ2v) is 33.4. The highest BCUT2D eigenvalue weighted by atomic mass is 16.5. The van der Waals surface area contributed by atoms with Crippen LogP contribution in [0.3, 0.4) is 0 Å². The molecule has 9 heterocycles. The molecule has 0 amide bonds. The summed E-state index contributed by atoms with van der Waals surface area (Å²) >= 11 is 0. The number of aliphatic hydroxyl groups excluding tert-OH is 2. The van der Waals surface area contributed by atoms with Gasteiger partial charge in [0.25, 0.3) is 0 Å². The van der Waals surface area contributed by atoms with Crippen molar-refractivity contribution >= 4 is 17.2 Å². The fraction of sp³-hybridized carbons (Fsp3) is 0.633. The topological polar surface area (TPSA) is 139 Å². The third-order valence-corrected chi connectivity index (χ3v) is 21.2. The van der Waals surface area contributed by atoms with Gasteiger partial charge in [-0.25, -0.2) is 4.98 Å². The number of aliphatic hydroxyl groups is 2. The van der Waals surface area contributed by atoms with Crippen LogP contribution in [0, 0.1) is 0 Å². The molecule has 2 N–H and O–H groups in total. The lowest BCUT2D eigenvalue weighted by Gasteiger charge is -2.31. The highest BCUT2D eigenvalue weighted by molar-refractivity contribution is 5.56. The number of nitrogens with zero attached hydrogens (tertiary/aromatic N) is 10. The minimum Gasteiger partial charge on any atom is -0.393 e. The van der Waals surface area contributed by atoms with Gasteiger partial charge in [-0.15, -0.1) is 0 Å². The second-order valence-electron chi connectivity index (χ2n) is 33.4. The van der Waals surface area contributed by atoms with Crippen molar-refractivity contribution in [3.05, 3.63) is 176 Å². The largest absolute Gasteiger partial charge is 0.393 e. The van der Waals surface area contributed by atoms with Crippen LogP contribution in [0.4, 0.5) is 17.2 Å². The Labute approximate surface area is 643 Å². The van der Waals surface area contributed by atoms with Crippen LogP contribution >= 0.6 is 0 Å². The average molecular weight is 1460 g/mol. The number of pyridine rings is 3. The Kier molecular flexibility index (Phi) is 36.8. The minimum atomic E-state index is -0.119. The molecule has 2 atom stereocenters. The quantitative estimate of drug-likeness (QED) is 0.0749. The van der Waals surface area contributed by atoms with Crippen molar-refractivity contribution in [2.75, 3.05) is 163 Å². The molecule has 1 unspecified atom stereocenters. The predicted octanol–water partition coefficient (Wildman–Crippen LogP) is 17.0. The molecular weight excluding hydrogens is 1320 g/mol. The van der Waals surface area contributed by atoms with Gasteiger partial charge >= 0.3 is 0 Å². The maximum Gasteiger partial charge on any atom is 0.128 e. The molecule has 0 aliphatic carbocycles. The summed E-state index contributed by atoms with van der Waals surface area (Å²) in [6, 6.07) is 31.8. The van der Waals surface area contributed by atoms with Gasteiger partial charge in [0.15, 0.2) is 0 Å². The third kappa shape index (κ3) is 28.5. The number of rotatable bonds is 20. The van der Waals surface area contributed by atoms with Crippen molar-refractivity contribution < 1.29 is 29.2 Å². The van der Waals surface area contributed by atoms with Crippen molar-refractivity contribution in [3.8, 4) is 0 Å². The Morgan fingerprint density at radius 3 is 1.23 bits per heavy atom. The number of piperidine rings is 2. The first-order valence-electron chi connectivity index (χ1n) is 40.4. The fourth-order valence-corrected chi connectivity index (χ4v) is 14.6. The number of benzene rings is 3. The number of anilines is 3. The minimum absolute atomic E-state index is 0.112. The number of morpholine rings is 1. The Morgan fingerprint density at radius 2 is 0.774 bits per heavy atom. The van der Waals surface area contributed by atoms with Crippen LogP contribution in [0.5, 0.6) is 0 Å². The van der Waals surface area contributed by atoms with Crippen molar-refractivity contribution in [1.29, 1.82) is 0 Å². The van der Waals surface area contributed by atoms with Gasteiger partial charge < -0.3 is 63.5 Å². The van der Waals surface area contributed by atoms with Crippen LogP contribution in [-0.2, 0) is 45.1 Å². The van der Waals surface area contributed by atoms with Crippen LogP contribution in [0.1, 0.15) is 260 Å². The van der Waals surface area contributed by atoms with E-state index in [1.807, 2.05) is 18.6 Å². The highest BCUT2D eigenvalue weighted by Gasteiger charge is 2.26. The first kappa shape index (κ1) is 87.3. The van der Waals surface area contributed by atoms with E-state index in [4.69, 9.17) is 23.9 Å². The van der Waals surface area contributed by atoms with E-state index in [-0.39, 0.29) is 12.2 Å². The Morgan fingerprint density at radius 1 is 0.358 bits per heavy atom. The molecule has 12 rings (SSSR count). The third-order valence-electron chi connectivity index (χ3n) is 21.2. The van der Waals surface area contributed by atoms with Crippen LogP contribution in [-0.4, -0.2) is 205 Å². The lowest BCUT2D eigenvalue weighted by atomic mass is 9.86.